The SMILES string of the molecule is O=S(=O)(NCC=Cc1ccccc1)c1cccc(/C=C/c2noc(C(F)(F)F)n2)c1. The Morgan fingerprint density at radius 1 is 0.967 bits per heavy atom. The highest BCUT2D eigenvalue weighted by Crippen LogP contribution is 2.27. The van der Waals surface area contributed by atoms with Gasteiger partial charge in [0.15, 0.2) is 5.82 Å². The van der Waals surface area contributed by atoms with Gasteiger partial charge < -0.3 is 4.52 Å². The Labute approximate surface area is 170 Å². The number of hydrogen-bond donors (Lipinski definition) is 1. The predicted molar refractivity (Wildman–Crippen MR) is 105 cm³/mol. The molecule has 6 nitrogen and oxygen atoms in total. The van der Waals surface area contributed by atoms with Crippen LogP contribution in [-0.4, -0.2) is 25.1 Å². The van der Waals surface area contributed by atoms with Crippen LogP contribution in [0.4, 0.5) is 13.2 Å². The molecule has 0 fully saturated rings. The second-order valence-electron chi connectivity index (χ2n) is 6.03. The normalized spacial score (nSPS) is 12.8. The van der Waals surface area contributed by atoms with Crippen LogP contribution >= 0.6 is 0 Å². The van der Waals surface area contributed by atoms with E-state index >= 15 is 0 Å². The topological polar surface area (TPSA) is 85.1 Å². The van der Waals surface area contributed by atoms with E-state index in [0.717, 1.165) is 5.56 Å². The molecule has 2 aromatic carbocycles. The molecule has 0 unspecified atom stereocenters. The average molecular weight is 435 g/mol. The van der Waals surface area contributed by atoms with Gasteiger partial charge in [0.25, 0.3) is 0 Å². The zero-order chi connectivity index (χ0) is 21.6. The summed E-state index contributed by atoms with van der Waals surface area (Å²) >= 11 is 0. The Hall–Kier alpha value is -3.24. The van der Waals surface area contributed by atoms with E-state index < -0.39 is 22.1 Å². The first-order chi connectivity index (χ1) is 14.2. The van der Waals surface area contributed by atoms with Crippen molar-refractivity contribution in [1.82, 2.24) is 14.9 Å². The Morgan fingerprint density at radius 3 is 2.40 bits per heavy atom. The molecule has 0 aliphatic carbocycles. The summed E-state index contributed by atoms with van der Waals surface area (Å²) in [6, 6.07) is 15.3. The van der Waals surface area contributed by atoms with Gasteiger partial charge in [-0.15, -0.1) is 0 Å². The molecule has 1 heterocycles. The molecular weight excluding hydrogens is 419 g/mol. The Balaban J connectivity index is 1.66. The second kappa shape index (κ2) is 9.06. The monoisotopic (exact) mass is 435 g/mol. The van der Waals surface area contributed by atoms with Gasteiger partial charge in [0.2, 0.25) is 10.0 Å². The molecule has 1 N–H and O–H groups in total. The molecule has 156 valence electrons. The highest BCUT2D eigenvalue weighted by atomic mass is 32.2. The van der Waals surface area contributed by atoms with Crippen LogP contribution in [0.3, 0.4) is 0 Å². The second-order valence-corrected chi connectivity index (χ2v) is 7.79. The molecule has 1 aromatic heterocycles. The minimum atomic E-state index is -4.73. The van der Waals surface area contributed by atoms with Crippen LogP contribution in [-0.2, 0) is 16.2 Å². The maximum atomic E-state index is 12.5. The molecule has 3 rings (SSSR count). The van der Waals surface area contributed by atoms with Gasteiger partial charge in [-0.1, -0.05) is 65.8 Å². The van der Waals surface area contributed by atoms with Crippen molar-refractivity contribution in [1.29, 1.82) is 0 Å². The van der Waals surface area contributed by atoms with E-state index in [0.29, 0.717) is 5.56 Å². The van der Waals surface area contributed by atoms with E-state index in [2.05, 4.69) is 19.4 Å². The van der Waals surface area contributed by atoms with Crippen LogP contribution in [0.1, 0.15) is 22.8 Å². The van der Waals surface area contributed by atoms with E-state index in [1.165, 1.54) is 30.4 Å². The molecule has 30 heavy (non-hydrogen) atoms. The van der Waals surface area contributed by atoms with E-state index in [9.17, 15) is 21.6 Å². The van der Waals surface area contributed by atoms with E-state index in [4.69, 9.17) is 0 Å². The molecular formula is C20H16F3N3O3S. The van der Waals surface area contributed by atoms with Crippen molar-refractivity contribution in [3.05, 3.63) is 83.5 Å². The maximum absolute atomic E-state index is 12.5. The zero-order valence-corrected chi connectivity index (χ0v) is 16.2. The van der Waals surface area contributed by atoms with Gasteiger partial charge in [0.1, 0.15) is 0 Å². The van der Waals surface area contributed by atoms with Crippen molar-refractivity contribution < 1.29 is 26.1 Å². The molecule has 0 amide bonds. The minimum Gasteiger partial charge on any atom is -0.329 e. The van der Waals surface area contributed by atoms with Crippen molar-refractivity contribution in [2.45, 2.75) is 11.1 Å². The lowest BCUT2D eigenvalue weighted by molar-refractivity contribution is -0.159. The van der Waals surface area contributed by atoms with E-state index in [1.807, 2.05) is 30.3 Å². The fraction of sp³-hybridized carbons (Fsp3) is 0.100. The van der Waals surface area contributed by atoms with Gasteiger partial charge in [-0.3, -0.25) is 0 Å². The highest BCUT2D eigenvalue weighted by molar-refractivity contribution is 7.89. The van der Waals surface area contributed by atoms with Crippen LogP contribution in [0, 0.1) is 0 Å². The van der Waals surface area contributed by atoms with Gasteiger partial charge in [-0.25, -0.2) is 13.1 Å². The van der Waals surface area contributed by atoms with Crippen LogP contribution in [0.5, 0.6) is 0 Å². The van der Waals surface area contributed by atoms with Gasteiger partial charge in [0, 0.05) is 6.54 Å². The summed E-state index contributed by atoms with van der Waals surface area (Å²) in [7, 11) is -3.77. The quantitative estimate of drug-likeness (QED) is 0.600. The molecule has 0 saturated heterocycles. The summed E-state index contributed by atoms with van der Waals surface area (Å²) in [5, 5.41) is 3.21. The van der Waals surface area contributed by atoms with Crippen molar-refractivity contribution in [2.75, 3.05) is 6.54 Å². The van der Waals surface area contributed by atoms with Crippen molar-refractivity contribution in [3.8, 4) is 0 Å². The third-order valence-electron chi connectivity index (χ3n) is 3.78. The van der Waals surface area contributed by atoms with Gasteiger partial charge in [-0.05, 0) is 29.3 Å². The first-order valence-electron chi connectivity index (χ1n) is 8.64. The lowest BCUT2D eigenvalue weighted by atomic mass is 10.2. The number of rotatable bonds is 7. The van der Waals surface area contributed by atoms with Gasteiger partial charge >= 0.3 is 12.1 Å². The standard InChI is InChI=1S/C20H16F3N3O3S/c21-20(22,23)19-25-18(26-29-19)12-11-16-8-4-10-17(14-16)30(27,28)24-13-5-9-15-6-2-1-3-7-15/h1-12,14,24H,13H2/b9-5?,12-11+. The molecule has 0 saturated carbocycles. The average Bonchev–Trinajstić information content (AvgIpc) is 3.20. The van der Waals surface area contributed by atoms with E-state index in [1.54, 1.807) is 18.2 Å². The summed E-state index contributed by atoms with van der Waals surface area (Å²) in [6.07, 6.45) is 1.33. The highest BCUT2D eigenvalue weighted by Gasteiger charge is 2.38. The number of nitrogens with zero attached hydrogens (tertiary/aromatic N) is 2. The zero-order valence-electron chi connectivity index (χ0n) is 15.4. The van der Waals surface area contributed by atoms with Crippen LogP contribution in [0.25, 0.3) is 18.2 Å². The number of aromatic nitrogens is 2. The Morgan fingerprint density at radius 2 is 1.70 bits per heavy atom. The minimum absolute atomic E-state index is 0.0156. The fourth-order valence-electron chi connectivity index (χ4n) is 2.37. The molecule has 10 heteroatoms. The van der Waals surface area contributed by atoms with Crippen LogP contribution < -0.4 is 4.72 Å². The molecule has 0 atom stereocenters. The van der Waals surface area contributed by atoms with Crippen molar-refractivity contribution >= 4 is 28.3 Å². The van der Waals surface area contributed by atoms with Crippen LogP contribution in [0.15, 0.2) is 70.1 Å². The number of halogens is 3. The van der Waals surface area contributed by atoms with Gasteiger partial charge in [0.05, 0.1) is 4.90 Å². The Bertz CT molecular complexity index is 1150. The number of alkyl halides is 3. The van der Waals surface area contributed by atoms with Crippen molar-refractivity contribution in [3.63, 3.8) is 0 Å². The summed E-state index contributed by atoms with van der Waals surface area (Å²) in [5.41, 5.74) is 1.38. The molecule has 0 bridgehead atoms. The first-order valence-corrected chi connectivity index (χ1v) is 10.1. The molecule has 0 aliphatic heterocycles. The van der Waals surface area contributed by atoms with Crippen molar-refractivity contribution in [2.24, 2.45) is 0 Å². The smallest absolute Gasteiger partial charge is 0.329 e. The summed E-state index contributed by atoms with van der Waals surface area (Å²) in [4.78, 5) is 3.23. The lowest BCUT2D eigenvalue weighted by Crippen LogP contribution is -2.23. The lowest BCUT2D eigenvalue weighted by Gasteiger charge is -2.05. The number of sulfonamides is 1. The van der Waals surface area contributed by atoms with Gasteiger partial charge in [-0.2, -0.15) is 18.2 Å². The molecule has 3 aromatic rings. The maximum Gasteiger partial charge on any atom is 0.471 e. The fourth-order valence-corrected chi connectivity index (χ4v) is 3.41. The predicted octanol–water partition coefficient (Wildman–Crippen LogP) is 4.25. The molecule has 0 radical (unpaired) electrons. The molecule has 0 aliphatic rings. The number of hydrogen-bond acceptors (Lipinski definition) is 5. The third kappa shape index (κ3) is 5.88. The van der Waals surface area contributed by atoms with Crippen LogP contribution in [0.2, 0.25) is 0 Å². The largest absolute Gasteiger partial charge is 0.471 e. The Kier molecular flexibility index (Phi) is 6.48. The summed E-state index contributed by atoms with van der Waals surface area (Å²) < 4.78 is 68.9. The number of nitrogens with one attached hydrogen (secondary N) is 1. The summed E-state index contributed by atoms with van der Waals surface area (Å²) in [5.74, 6) is -1.73. The van der Waals surface area contributed by atoms with E-state index in [-0.39, 0.29) is 17.3 Å². The first kappa shape index (κ1) is 21.5. The number of benzene rings is 2. The molecule has 0 spiro atoms. The summed E-state index contributed by atoms with van der Waals surface area (Å²) in [6.45, 7) is 0.0976. The third-order valence-corrected chi connectivity index (χ3v) is 5.20.